The molecule has 0 atom stereocenters. The summed E-state index contributed by atoms with van der Waals surface area (Å²) in [4.78, 5) is 37.6. The number of carboxylic acid groups (broad SMARTS) is 1. The smallest absolute Gasteiger partial charge is 0.303 e. The van der Waals surface area contributed by atoms with Gasteiger partial charge in [-0.2, -0.15) is 0 Å². The molecule has 0 aliphatic heterocycles. The van der Waals surface area contributed by atoms with E-state index in [0.29, 0.717) is 31.3 Å². The van der Waals surface area contributed by atoms with Gasteiger partial charge in [0, 0.05) is 854 Å². The highest BCUT2D eigenvalue weighted by molar-refractivity contribution is 9.11. The van der Waals surface area contributed by atoms with E-state index in [1.807, 2.05) is 577 Å². The summed E-state index contributed by atoms with van der Waals surface area (Å²) >= 11 is 26.0. The number of carboxylic acids is 1. The lowest BCUT2D eigenvalue weighted by molar-refractivity contribution is -0.137. The number of hydrogen-bond acceptors (Lipinski definition) is 13. The molecule has 0 spiro atoms. The van der Waals surface area contributed by atoms with Gasteiger partial charge in [-0.05, 0) is 88.8 Å². The highest BCUT2D eigenvalue weighted by atomic mass is 79.9. The number of nitrogen functional groups attached to an aromatic ring is 1. The number of aromatic nitrogens is 4. The molecule has 2 aromatic heterocycles. The number of carbonyl (C=O) groups excluding carboxylic acids is 1. The van der Waals surface area contributed by atoms with Crippen LogP contribution in [0.1, 0.15) is 62.8 Å². The fraction of sp³-hybridized carbons (Fsp3) is 0.353. The first-order valence-corrected chi connectivity index (χ1v) is 149. The fourth-order valence-electron chi connectivity index (χ4n) is 4.75. The van der Waals surface area contributed by atoms with Crippen molar-refractivity contribution in [3.63, 3.8) is 0 Å². The Labute approximate surface area is 1070 Å². The quantitative estimate of drug-likeness (QED) is 0.0991. The Bertz CT molecular complexity index is 8870. The minimum absolute atomic E-state index is 0.0176. The summed E-state index contributed by atoms with van der Waals surface area (Å²) in [6.45, 7) is 5.03. The average Bonchev–Trinajstić information content (AvgIpc) is 0.901. The van der Waals surface area contributed by atoms with E-state index in [2.05, 4.69) is 57.1 Å². The third-order valence-corrected chi connectivity index (χ3v) is 196. The molecule has 0 unspecified atom stereocenters. The zero-order valence-electron chi connectivity index (χ0n) is 63.4. The number of rotatable bonds is 15. The Kier molecular flexibility index (Phi) is 149. The van der Waals surface area contributed by atoms with Crippen LogP contribution in [0.15, 0.2) is 82.3 Å². The van der Waals surface area contributed by atoms with E-state index < -0.39 is 5.97 Å². The summed E-state index contributed by atoms with van der Waals surface area (Å²) < 4.78 is 13.2. The summed E-state index contributed by atoms with van der Waals surface area (Å²) in [7, 11) is 153. The molecule has 4 aromatic rings. The maximum absolute atomic E-state index is 11.8. The van der Waals surface area contributed by atoms with Gasteiger partial charge in [0.1, 0.15) is 35.8 Å². The molecule has 0 aliphatic carbocycles. The molecule has 1 amide bonds. The molecule has 103 heteroatoms. The van der Waals surface area contributed by atoms with Crippen LogP contribution in [0.5, 0.6) is 11.5 Å². The fourth-order valence-corrected chi connectivity index (χ4v) is 231. The third kappa shape index (κ3) is 130. The second-order valence-corrected chi connectivity index (χ2v) is 170. The van der Waals surface area contributed by atoms with Crippen LogP contribution < -0.4 is 20.5 Å². The Morgan fingerprint density at radius 1 is 0.285 bits per heavy atom. The van der Waals surface area contributed by atoms with Gasteiger partial charge in [0.15, 0.2) is 0 Å². The van der Waals surface area contributed by atoms with E-state index in [9.17, 15) is 9.59 Å². The zero-order valence-corrected chi connectivity index (χ0v) is 140. The topological polar surface area (TPSA) is 162 Å². The minimum atomic E-state index is -0.729. The molecule has 0 saturated carbocycles. The first-order chi connectivity index (χ1) is 67.4. The van der Waals surface area contributed by atoms with Crippen molar-refractivity contribution in [2.75, 3.05) is 24.3 Å². The lowest BCUT2D eigenvalue weighted by atomic mass is 10.2. The van der Waals surface area contributed by atoms with Crippen LogP contribution in [0.25, 0.3) is 0 Å². The first-order valence-electron chi connectivity index (χ1n) is 29.9. The minimum Gasteiger partial charge on any atom is -0.494 e. The Hall–Kier alpha value is 15.7. The Balaban J connectivity index is 0.00000187. The van der Waals surface area contributed by atoms with Gasteiger partial charge in [0.25, 0.3) is 0 Å². The highest BCUT2D eigenvalue weighted by Crippen LogP contribution is 2.19. The standard InChI is InChI=1S/C17H20BrN3O2.C12H15BrO3.C5H7N3.S52.S38/c1-13-10-16(20-12-19-13)21-17(22)8-3-2-4-9-23-15-7-5-6-14(18)11-15;13-10-5-4-6-11(9-10)16-8-3-1-2-7-12(14)15;1-4-2-5(6)8-3-7-4;1-3-5-7-9-11-13-15-17-19-21-23-25-27-29-31-33-35-37-39-41-43-45-47-49-51-52-50-48-46-44-42-40-38-36-34-32-30-28-26-24-22-20-18-16-14-12-10-8-6-4-2;1-3-5-7-9-11-13-15-17-19-21-23-25-27-29-31-33-35-37-38-36-34-32-30-28-26-24-22-20-18-16-14-12-10-8-6-4-2/h5-7,10-12H,2-4,8-9H2,1H3,(H,19,20,21,22);4-6,9H,1-3,7-8H2,(H,14,15);2-3H,1H3,(H2,6,7,8);;. The number of anilines is 2. The molecule has 0 fully saturated rings. The number of carbonyl (C=O) groups is 2. The molecule has 0 bridgehead atoms. The van der Waals surface area contributed by atoms with Gasteiger partial charge in [-0.1, -0.05) is 44.0 Å². The summed E-state index contributed by atoms with van der Waals surface area (Å²) in [6, 6.07) is 18.9. The van der Waals surface area contributed by atoms with Crippen molar-refractivity contribution in [3.05, 3.63) is 93.7 Å². The molecule has 2 heterocycles. The van der Waals surface area contributed by atoms with E-state index in [4.69, 9.17) is 65.1 Å². The molecular formula is C34H42Br2N6O5S90. The van der Waals surface area contributed by atoms with E-state index >= 15 is 0 Å². The van der Waals surface area contributed by atoms with E-state index in [0.717, 1.165) is 70.4 Å². The summed E-state index contributed by atoms with van der Waals surface area (Å²) in [5.41, 5.74) is 7.04. The summed E-state index contributed by atoms with van der Waals surface area (Å²) in [5.74, 6) is 2.03. The molecule has 0 aliphatic rings. The van der Waals surface area contributed by atoms with Crippen molar-refractivity contribution in [2.45, 2.75) is 65.2 Å². The summed E-state index contributed by atoms with van der Waals surface area (Å²) in [6.07, 6.45) is 8.83. The van der Waals surface area contributed by atoms with Crippen LogP contribution >= 0.6 is 31.9 Å². The second kappa shape index (κ2) is 133. The number of ether oxygens (including phenoxy) is 2. The van der Waals surface area contributed by atoms with E-state index in [1.165, 1.54) is 48.2 Å². The van der Waals surface area contributed by atoms with Crippen LogP contribution in [0.4, 0.5) is 11.6 Å². The number of amides is 1. The average molecular weight is 3660 g/mol. The van der Waals surface area contributed by atoms with E-state index in [1.54, 1.807) is 225 Å². The van der Waals surface area contributed by atoms with Gasteiger partial charge in [-0.25, -0.2) is 19.9 Å². The van der Waals surface area contributed by atoms with E-state index in [-0.39, 0.29) is 12.3 Å². The molecule has 137 heavy (non-hydrogen) atoms. The molecule has 4 N–H and O–H groups in total. The highest BCUT2D eigenvalue weighted by Gasteiger charge is 2.04. The van der Waals surface area contributed by atoms with Gasteiger partial charge in [-0.15, -0.1) is 0 Å². The number of aryl methyl sites for hydroxylation is 2. The van der Waals surface area contributed by atoms with Crippen LogP contribution in [-0.4, -0.2) is 50.1 Å². The van der Waals surface area contributed by atoms with Gasteiger partial charge in [0.05, 0.1) is 13.2 Å². The van der Waals surface area contributed by atoms with Crippen LogP contribution in [0.3, 0.4) is 0 Å². The number of halogens is 2. The number of nitrogens with one attached hydrogen (secondary N) is 1. The predicted octanol–water partition coefficient (Wildman–Crippen LogP) is 7.75. The summed E-state index contributed by atoms with van der Waals surface area (Å²) in [5, 5.41) is 11.2. The van der Waals surface area contributed by atoms with Crippen molar-refractivity contribution >= 4 is 864 Å². The van der Waals surface area contributed by atoms with Gasteiger partial charge >= 0.3 is 5.97 Å². The first kappa shape index (κ1) is 153. The van der Waals surface area contributed by atoms with Gasteiger partial charge < -0.3 is 25.6 Å². The van der Waals surface area contributed by atoms with Gasteiger partial charge in [-0.3, -0.25) is 9.59 Å². The number of unbranched alkanes of at least 4 members (excludes halogenated alkanes) is 4. The van der Waals surface area contributed by atoms with Crippen molar-refractivity contribution in [3.8, 4) is 11.5 Å². The molecular weight excluding hydrogens is 3620 g/mol. The van der Waals surface area contributed by atoms with Crippen LogP contribution in [0, 0.1) is 13.8 Å². The van der Waals surface area contributed by atoms with Crippen LogP contribution in [-0.2, 0) is 818 Å². The predicted molar refractivity (Wildman–Crippen MR) is 853 cm³/mol. The lowest BCUT2D eigenvalue weighted by Crippen LogP contribution is -2.12. The maximum atomic E-state index is 11.8. The molecule has 2 aromatic carbocycles. The van der Waals surface area contributed by atoms with Gasteiger partial charge in [0.2, 0.25) is 5.91 Å². The maximum Gasteiger partial charge on any atom is 0.303 e. The molecule has 4 rings (SSSR count). The van der Waals surface area contributed by atoms with Crippen LogP contribution in [0.2, 0.25) is 0 Å². The Morgan fingerprint density at radius 3 is 0.672 bits per heavy atom. The van der Waals surface area contributed by atoms with Crippen molar-refractivity contribution in [1.29, 1.82) is 0 Å². The molecule has 792 valence electrons. The van der Waals surface area contributed by atoms with Crippen molar-refractivity contribution in [2.24, 2.45) is 0 Å². The number of nitrogens with two attached hydrogens (primary N) is 1. The number of aliphatic carboxylic acids is 1. The third-order valence-electron chi connectivity index (χ3n) is 8.44. The number of nitrogens with zero attached hydrogens (tertiary/aromatic N) is 4. The van der Waals surface area contributed by atoms with Crippen molar-refractivity contribution in [1.82, 2.24) is 19.9 Å². The second-order valence-electron chi connectivity index (χ2n) is 16.2. The SMILES string of the molecule is Cc1cc(N)ncn1.Cc1cc(NC(=O)CCCCCOc2cccc(Br)c2)ncn1.O=C(O)CCCCCOc1cccc(Br)c1.S=S=S=S=S=S=S=S=S=S=S=S=S=S=S=S=S=S=S=S=S=S=S=S=S=S=S=S=S=S=S=S=S=S=S=S=S=S.S=S=S=S=S=S=S=S=S=S=S=S=S=S=S=S=S=S=S=S=S=S=S=S=S=S=S=S=S=S=S=S=S=S=S=S=S=S=S=S=S=S=S=S=S=S=S=S=S=S=S=S. The molecule has 0 radical (unpaired) electrons. The Morgan fingerprint density at radius 2 is 0.489 bits per heavy atom. The lowest BCUT2D eigenvalue weighted by Gasteiger charge is -2.07. The monoisotopic (exact) mass is 3650 g/mol. The normalized spacial score (nSPS) is 8.53. The number of benzene rings is 2. The molecule has 11 nitrogen and oxygen atoms in total. The molecule has 0 saturated heterocycles. The largest absolute Gasteiger partial charge is 0.494 e. The van der Waals surface area contributed by atoms with Crippen molar-refractivity contribution < 1.29 is 24.2 Å². The zero-order chi connectivity index (χ0) is 99.1. The number of hydrogen-bond donors (Lipinski definition) is 3.